The van der Waals surface area contributed by atoms with E-state index in [0.717, 1.165) is 16.2 Å². The molecule has 0 N–H and O–H groups in total. The second-order valence-corrected chi connectivity index (χ2v) is 4.13. The fourth-order valence-electron chi connectivity index (χ4n) is 1.51. The molecule has 0 radical (unpaired) electrons. The second kappa shape index (κ2) is 5.08. The minimum Gasteiger partial charge on any atom is -0.489 e. The fraction of sp³-hybridized carbons (Fsp3) is 0.143. The van der Waals surface area contributed by atoms with E-state index < -0.39 is 0 Å². The lowest BCUT2D eigenvalue weighted by molar-refractivity contribution is 0.303. The minimum absolute atomic E-state index is 0.560. The van der Waals surface area contributed by atoms with Gasteiger partial charge in [-0.25, -0.2) is 0 Å². The normalized spacial score (nSPS) is 10.1. The Morgan fingerprint density at radius 2 is 1.75 bits per heavy atom. The van der Waals surface area contributed by atoms with Gasteiger partial charge < -0.3 is 4.74 Å². The van der Waals surface area contributed by atoms with E-state index in [-0.39, 0.29) is 0 Å². The van der Waals surface area contributed by atoms with E-state index in [1.807, 2.05) is 55.5 Å². The smallest absolute Gasteiger partial charge is 0.119 e. The third-order valence-electron chi connectivity index (χ3n) is 2.46. The van der Waals surface area contributed by atoms with Crippen LogP contribution >= 0.6 is 12.6 Å². The van der Waals surface area contributed by atoms with E-state index in [0.29, 0.717) is 6.61 Å². The summed E-state index contributed by atoms with van der Waals surface area (Å²) in [5.41, 5.74) is 2.30. The molecule has 0 aromatic heterocycles. The first-order valence-corrected chi connectivity index (χ1v) is 5.67. The Morgan fingerprint density at radius 1 is 1.00 bits per heavy atom. The Bertz CT molecular complexity index is 465. The highest BCUT2D eigenvalue weighted by atomic mass is 32.1. The molecule has 0 saturated heterocycles. The number of benzene rings is 2. The van der Waals surface area contributed by atoms with Crippen molar-refractivity contribution in [3.05, 3.63) is 59.7 Å². The van der Waals surface area contributed by atoms with Gasteiger partial charge in [0.15, 0.2) is 0 Å². The molecular formula is C14H14OS. The molecule has 1 nitrogen and oxygen atoms in total. The lowest BCUT2D eigenvalue weighted by atomic mass is 10.1. The number of aryl methyl sites for hydroxylation is 1. The third-order valence-corrected chi connectivity index (χ3v) is 3.10. The van der Waals surface area contributed by atoms with Crippen molar-refractivity contribution in [3.8, 4) is 5.75 Å². The first-order chi connectivity index (χ1) is 7.77. The summed E-state index contributed by atoms with van der Waals surface area (Å²) >= 11 is 4.48. The van der Waals surface area contributed by atoms with Gasteiger partial charge >= 0.3 is 0 Å². The van der Waals surface area contributed by atoms with Crippen LogP contribution in [0.4, 0.5) is 0 Å². The van der Waals surface area contributed by atoms with Crippen LogP contribution in [0.2, 0.25) is 0 Å². The summed E-state index contributed by atoms with van der Waals surface area (Å²) in [7, 11) is 0. The highest BCUT2D eigenvalue weighted by molar-refractivity contribution is 7.80. The van der Waals surface area contributed by atoms with E-state index in [2.05, 4.69) is 12.6 Å². The van der Waals surface area contributed by atoms with Crippen molar-refractivity contribution < 1.29 is 4.74 Å². The van der Waals surface area contributed by atoms with Gasteiger partial charge in [-0.15, -0.1) is 12.6 Å². The van der Waals surface area contributed by atoms with Gasteiger partial charge in [0, 0.05) is 10.5 Å². The van der Waals surface area contributed by atoms with Crippen LogP contribution in [0.15, 0.2) is 53.4 Å². The molecule has 0 aliphatic heterocycles. The number of thiol groups is 1. The molecule has 2 rings (SSSR count). The number of hydrogen-bond acceptors (Lipinski definition) is 2. The molecule has 2 heteroatoms. The zero-order valence-electron chi connectivity index (χ0n) is 9.18. The molecule has 16 heavy (non-hydrogen) atoms. The van der Waals surface area contributed by atoms with Crippen LogP contribution in [-0.2, 0) is 6.61 Å². The summed E-state index contributed by atoms with van der Waals surface area (Å²) in [6.45, 7) is 2.61. The monoisotopic (exact) mass is 230 g/mol. The van der Waals surface area contributed by atoms with Gasteiger partial charge in [-0.2, -0.15) is 0 Å². The quantitative estimate of drug-likeness (QED) is 0.788. The van der Waals surface area contributed by atoms with Crippen LogP contribution < -0.4 is 4.74 Å². The van der Waals surface area contributed by atoms with Crippen molar-refractivity contribution in [2.75, 3.05) is 0 Å². The predicted molar refractivity (Wildman–Crippen MR) is 69.2 cm³/mol. The molecule has 0 amide bonds. The van der Waals surface area contributed by atoms with Crippen molar-refractivity contribution in [2.45, 2.75) is 18.4 Å². The summed E-state index contributed by atoms with van der Waals surface area (Å²) < 4.78 is 5.68. The first kappa shape index (κ1) is 11.1. The average molecular weight is 230 g/mol. The second-order valence-electron chi connectivity index (χ2n) is 3.68. The summed E-state index contributed by atoms with van der Waals surface area (Å²) in [5, 5.41) is 0. The van der Waals surface area contributed by atoms with Gasteiger partial charge in [-0.3, -0.25) is 0 Å². The fourth-order valence-corrected chi connectivity index (χ4v) is 1.73. The van der Waals surface area contributed by atoms with E-state index in [1.165, 1.54) is 5.56 Å². The predicted octanol–water partition coefficient (Wildman–Crippen LogP) is 3.86. The van der Waals surface area contributed by atoms with E-state index >= 15 is 0 Å². The van der Waals surface area contributed by atoms with Crippen LogP contribution in [0.1, 0.15) is 11.1 Å². The van der Waals surface area contributed by atoms with Crippen LogP contribution in [0.25, 0.3) is 0 Å². The summed E-state index contributed by atoms with van der Waals surface area (Å²) in [5.74, 6) is 0.886. The number of rotatable bonds is 3. The molecule has 82 valence electrons. The van der Waals surface area contributed by atoms with Gasteiger partial charge in [0.2, 0.25) is 0 Å². The summed E-state index contributed by atoms with van der Waals surface area (Å²) in [6, 6.07) is 15.9. The third kappa shape index (κ3) is 2.58. The van der Waals surface area contributed by atoms with Crippen LogP contribution in [0, 0.1) is 6.92 Å². The van der Waals surface area contributed by atoms with Gasteiger partial charge in [0.1, 0.15) is 12.4 Å². The van der Waals surface area contributed by atoms with Gasteiger partial charge in [-0.05, 0) is 24.6 Å². The Morgan fingerprint density at radius 3 is 2.50 bits per heavy atom. The maximum atomic E-state index is 5.68. The highest BCUT2D eigenvalue weighted by Gasteiger charge is 2.02. The van der Waals surface area contributed by atoms with Gasteiger partial charge in [-0.1, -0.05) is 36.4 Å². The number of para-hydroxylation sites is 1. The molecule has 0 heterocycles. The van der Waals surface area contributed by atoms with Crippen molar-refractivity contribution in [3.63, 3.8) is 0 Å². The Balaban J connectivity index is 2.08. The molecule has 0 atom stereocenters. The summed E-state index contributed by atoms with van der Waals surface area (Å²) in [6.07, 6.45) is 0. The van der Waals surface area contributed by atoms with E-state index in [9.17, 15) is 0 Å². The summed E-state index contributed by atoms with van der Waals surface area (Å²) in [4.78, 5) is 1.01. The minimum atomic E-state index is 0.560. The molecule has 2 aromatic rings. The van der Waals surface area contributed by atoms with E-state index in [1.54, 1.807) is 0 Å². The van der Waals surface area contributed by atoms with Crippen LogP contribution in [-0.4, -0.2) is 0 Å². The van der Waals surface area contributed by atoms with Gasteiger partial charge in [0.25, 0.3) is 0 Å². The van der Waals surface area contributed by atoms with Crippen molar-refractivity contribution in [2.24, 2.45) is 0 Å². The average Bonchev–Trinajstić information content (AvgIpc) is 2.32. The zero-order valence-corrected chi connectivity index (χ0v) is 10.1. The first-order valence-electron chi connectivity index (χ1n) is 5.22. The lowest BCUT2D eigenvalue weighted by Gasteiger charge is -2.09. The molecule has 0 spiro atoms. The molecule has 0 unspecified atom stereocenters. The van der Waals surface area contributed by atoms with Crippen molar-refractivity contribution in [1.82, 2.24) is 0 Å². The Kier molecular flexibility index (Phi) is 3.52. The molecule has 0 saturated carbocycles. The molecule has 0 aliphatic rings. The molecule has 2 aromatic carbocycles. The standard InChI is InChI=1S/C14H14OS/c1-11-6-5-7-12(14(11)16)10-15-13-8-3-2-4-9-13/h2-9,16H,10H2,1H3. The highest BCUT2D eigenvalue weighted by Crippen LogP contribution is 2.20. The SMILES string of the molecule is Cc1cccc(COc2ccccc2)c1S. The van der Waals surface area contributed by atoms with E-state index in [4.69, 9.17) is 4.74 Å². The maximum Gasteiger partial charge on any atom is 0.119 e. The lowest BCUT2D eigenvalue weighted by Crippen LogP contribution is -1.97. The molecular weight excluding hydrogens is 216 g/mol. The molecule has 0 aliphatic carbocycles. The zero-order chi connectivity index (χ0) is 11.4. The Labute approximate surface area is 101 Å². The Hall–Kier alpha value is -1.41. The topological polar surface area (TPSA) is 9.23 Å². The number of hydrogen-bond donors (Lipinski definition) is 1. The maximum absolute atomic E-state index is 5.68. The molecule has 0 fully saturated rings. The van der Waals surface area contributed by atoms with Gasteiger partial charge in [0.05, 0.1) is 0 Å². The van der Waals surface area contributed by atoms with Crippen molar-refractivity contribution in [1.29, 1.82) is 0 Å². The number of ether oxygens (including phenoxy) is 1. The van der Waals surface area contributed by atoms with Crippen LogP contribution in [0.5, 0.6) is 5.75 Å². The van der Waals surface area contributed by atoms with Crippen molar-refractivity contribution >= 4 is 12.6 Å². The molecule has 0 bridgehead atoms. The van der Waals surface area contributed by atoms with Crippen LogP contribution in [0.3, 0.4) is 0 Å². The largest absolute Gasteiger partial charge is 0.489 e.